The van der Waals surface area contributed by atoms with Gasteiger partial charge in [-0.2, -0.15) is 8.78 Å². The minimum Gasteiger partial charge on any atom is -0.432 e. The summed E-state index contributed by atoms with van der Waals surface area (Å²) in [5.74, 6) is -1.34. The van der Waals surface area contributed by atoms with Crippen LogP contribution < -0.4 is 10.1 Å². The van der Waals surface area contributed by atoms with Crippen molar-refractivity contribution in [2.45, 2.75) is 26.0 Å². The van der Waals surface area contributed by atoms with Gasteiger partial charge in [-0.1, -0.05) is 6.07 Å². The molecule has 0 unspecified atom stereocenters. The summed E-state index contributed by atoms with van der Waals surface area (Å²) in [7, 11) is 0. The molecule has 0 aromatic heterocycles. The van der Waals surface area contributed by atoms with Crippen LogP contribution in [0.25, 0.3) is 0 Å². The minimum atomic E-state index is -3.06. The first-order valence-corrected chi connectivity index (χ1v) is 5.57. The Morgan fingerprint density at radius 3 is 2.72 bits per heavy atom. The lowest BCUT2D eigenvalue weighted by Gasteiger charge is -2.08. The highest BCUT2D eigenvalue weighted by atomic mass is 19.3. The molecule has 18 heavy (non-hydrogen) atoms. The van der Waals surface area contributed by atoms with E-state index in [2.05, 4.69) is 10.1 Å². The maximum atomic E-state index is 13.3. The maximum absolute atomic E-state index is 13.3. The molecule has 3 nitrogen and oxygen atoms in total. The van der Waals surface area contributed by atoms with Crippen molar-refractivity contribution in [3.05, 3.63) is 29.6 Å². The Labute approximate surface area is 102 Å². The van der Waals surface area contributed by atoms with Gasteiger partial charge in [0.05, 0.1) is 0 Å². The average Bonchev–Trinajstić information content (AvgIpc) is 3.12. The van der Waals surface area contributed by atoms with Crippen molar-refractivity contribution in [2.75, 3.05) is 0 Å². The van der Waals surface area contributed by atoms with Crippen LogP contribution in [0.3, 0.4) is 0 Å². The molecule has 0 aliphatic heterocycles. The molecule has 6 heteroatoms. The normalized spacial score (nSPS) is 14.7. The van der Waals surface area contributed by atoms with Crippen LogP contribution in [0.2, 0.25) is 0 Å². The number of rotatable bonds is 5. The highest BCUT2D eigenvalue weighted by Gasteiger charge is 2.29. The van der Waals surface area contributed by atoms with Crippen LogP contribution in [0.4, 0.5) is 13.2 Å². The number of carbonyl (C=O) groups is 1. The van der Waals surface area contributed by atoms with Gasteiger partial charge in [-0.05, 0) is 30.5 Å². The van der Waals surface area contributed by atoms with Crippen LogP contribution in [-0.4, -0.2) is 12.5 Å². The average molecular weight is 259 g/mol. The Balaban J connectivity index is 1.93. The second-order valence-corrected chi connectivity index (χ2v) is 4.14. The molecule has 1 saturated carbocycles. The molecular weight excluding hydrogens is 247 g/mol. The summed E-state index contributed by atoms with van der Waals surface area (Å²) in [4.78, 5) is 11.3. The molecule has 1 aromatic rings. The Kier molecular flexibility index (Phi) is 3.74. The predicted molar refractivity (Wildman–Crippen MR) is 57.6 cm³/mol. The van der Waals surface area contributed by atoms with E-state index in [1.165, 1.54) is 6.07 Å². The topological polar surface area (TPSA) is 38.3 Å². The number of alkyl halides is 2. The van der Waals surface area contributed by atoms with Crippen LogP contribution in [0.1, 0.15) is 18.4 Å². The molecular formula is C12H12F3NO2. The smallest absolute Gasteiger partial charge is 0.387 e. The second kappa shape index (κ2) is 5.29. The SMILES string of the molecule is O=C(NCc1ccc(OC(F)F)c(F)c1)C1CC1. The molecule has 1 amide bonds. The van der Waals surface area contributed by atoms with E-state index in [0.29, 0.717) is 5.56 Å². The summed E-state index contributed by atoms with van der Waals surface area (Å²) in [5.41, 5.74) is 0.503. The van der Waals surface area contributed by atoms with E-state index in [4.69, 9.17) is 0 Å². The highest BCUT2D eigenvalue weighted by Crippen LogP contribution is 2.29. The van der Waals surface area contributed by atoms with Gasteiger partial charge < -0.3 is 10.1 Å². The quantitative estimate of drug-likeness (QED) is 0.882. The first kappa shape index (κ1) is 12.7. The molecule has 1 aliphatic rings. The number of hydrogen-bond donors (Lipinski definition) is 1. The summed E-state index contributed by atoms with van der Waals surface area (Å²) < 4.78 is 41.1. The van der Waals surface area contributed by atoms with Gasteiger partial charge in [0.2, 0.25) is 5.91 Å². The first-order chi connectivity index (χ1) is 8.56. The summed E-state index contributed by atoms with van der Waals surface area (Å²) >= 11 is 0. The zero-order valence-electron chi connectivity index (χ0n) is 9.46. The first-order valence-electron chi connectivity index (χ1n) is 5.57. The number of benzene rings is 1. The highest BCUT2D eigenvalue weighted by molar-refractivity contribution is 5.80. The molecule has 1 fully saturated rings. The summed E-state index contributed by atoms with van der Waals surface area (Å²) in [6.45, 7) is -2.87. The van der Waals surface area contributed by atoms with Gasteiger partial charge in [0, 0.05) is 12.5 Å². The molecule has 0 radical (unpaired) electrons. The van der Waals surface area contributed by atoms with Gasteiger partial charge in [0.25, 0.3) is 0 Å². The Bertz CT molecular complexity index is 447. The fourth-order valence-electron chi connectivity index (χ4n) is 1.52. The van der Waals surface area contributed by atoms with E-state index in [9.17, 15) is 18.0 Å². The zero-order chi connectivity index (χ0) is 13.1. The van der Waals surface area contributed by atoms with Crippen molar-refractivity contribution >= 4 is 5.91 Å². The zero-order valence-corrected chi connectivity index (χ0v) is 9.46. The third-order valence-electron chi connectivity index (χ3n) is 2.63. The van der Waals surface area contributed by atoms with Crippen LogP contribution >= 0.6 is 0 Å². The predicted octanol–water partition coefficient (Wildman–Crippen LogP) is 2.45. The van der Waals surface area contributed by atoms with Gasteiger partial charge in [-0.25, -0.2) is 4.39 Å². The molecule has 0 bridgehead atoms. The standard InChI is InChI=1S/C12H12F3NO2/c13-9-5-7(1-4-10(9)18-12(14)15)6-16-11(17)8-2-3-8/h1,4-5,8,12H,2-3,6H2,(H,16,17). The van der Waals surface area contributed by atoms with Crippen LogP contribution in [0, 0.1) is 11.7 Å². The molecule has 1 aromatic carbocycles. The molecule has 98 valence electrons. The largest absolute Gasteiger partial charge is 0.432 e. The third kappa shape index (κ3) is 3.38. The van der Waals surface area contributed by atoms with Crippen LogP contribution in [0.5, 0.6) is 5.75 Å². The van der Waals surface area contributed by atoms with E-state index in [1.807, 2.05) is 0 Å². The van der Waals surface area contributed by atoms with Crippen LogP contribution in [-0.2, 0) is 11.3 Å². The third-order valence-corrected chi connectivity index (χ3v) is 2.63. The van der Waals surface area contributed by atoms with E-state index in [0.717, 1.165) is 25.0 Å². The maximum Gasteiger partial charge on any atom is 0.387 e. The Hall–Kier alpha value is -1.72. The number of amides is 1. The van der Waals surface area contributed by atoms with Gasteiger partial charge >= 0.3 is 6.61 Å². The lowest BCUT2D eigenvalue weighted by Crippen LogP contribution is -2.24. The molecule has 1 aliphatic carbocycles. The van der Waals surface area contributed by atoms with Gasteiger partial charge in [0.15, 0.2) is 11.6 Å². The van der Waals surface area contributed by atoms with Gasteiger partial charge in [0.1, 0.15) is 0 Å². The molecule has 0 heterocycles. The van der Waals surface area contributed by atoms with Gasteiger partial charge in [-0.3, -0.25) is 4.79 Å². The summed E-state index contributed by atoms with van der Waals surface area (Å²) in [5, 5.41) is 2.65. The number of nitrogens with one attached hydrogen (secondary N) is 1. The number of carbonyl (C=O) groups excluding carboxylic acids is 1. The van der Waals surface area contributed by atoms with Crippen molar-refractivity contribution in [3.63, 3.8) is 0 Å². The van der Waals surface area contributed by atoms with Crippen molar-refractivity contribution in [1.82, 2.24) is 5.32 Å². The molecule has 0 atom stereocenters. The van der Waals surface area contributed by atoms with Crippen molar-refractivity contribution in [2.24, 2.45) is 5.92 Å². The fraction of sp³-hybridized carbons (Fsp3) is 0.417. The lowest BCUT2D eigenvalue weighted by molar-refractivity contribution is -0.122. The fourth-order valence-corrected chi connectivity index (χ4v) is 1.52. The monoisotopic (exact) mass is 259 g/mol. The van der Waals surface area contributed by atoms with E-state index < -0.39 is 18.2 Å². The Morgan fingerprint density at radius 2 is 2.17 bits per heavy atom. The van der Waals surface area contributed by atoms with E-state index in [-0.39, 0.29) is 18.4 Å². The van der Waals surface area contributed by atoms with Crippen molar-refractivity contribution < 1.29 is 22.7 Å². The van der Waals surface area contributed by atoms with Crippen molar-refractivity contribution in [3.8, 4) is 5.75 Å². The molecule has 0 saturated heterocycles. The summed E-state index contributed by atoms with van der Waals surface area (Å²) in [6.07, 6.45) is 1.78. The van der Waals surface area contributed by atoms with Crippen LogP contribution in [0.15, 0.2) is 18.2 Å². The number of hydrogen-bond acceptors (Lipinski definition) is 2. The molecule has 1 N–H and O–H groups in total. The summed E-state index contributed by atoms with van der Waals surface area (Å²) in [6, 6.07) is 3.64. The Morgan fingerprint density at radius 1 is 1.44 bits per heavy atom. The second-order valence-electron chi connectivity index (χ2n) is 4.14. The lowest BCUT2D eigenvalue weighted by atomic mass is 10.2. The van der Waals surface area contributed by atoms with E-state index >= 15 is 0 Å². The minimum absolute atomic E-state index is 0.0525. The van der Waals surface area contributed by atoms with Crippen molar-refractivity contribution in [1.29, 1.82) is 0 Å². The number of halogens is 3. The molecule has 2 rings (SSSR count). The molecule has 0 spiro atoms. The van der Waals surface area contributed by atoms with Gasteiger partial charge in [-0.15, -0.1) is 0 Å². The van der Waals surface area contributed by atoms with E-state index in [1.54, 1.807) is 0 Å². The number of ether oxygens (including phenoxy) is 1.